The first kappa shape index (κ1) is 30.0. The molecule has 2 aliphatic rings. The first-order valence-electron chi connectivity index (χ1n) is 15.0. The van der Waals surface area contributed by atoms with Crippen molar-refractivity contribution in [3.63, 3.8) is 0 Å². The zero-order valence-corrected chi connectivity index (χ0v) is 25.3. The Morgan fingerprint density at radius 2 is 1.60 bits per heavy atom. The summed E-state index contributed by atoms with van der Waals surface area (Å²) in [5, 5.41) is 7.85. The lowest BCUT2D eigenvalue weighted by Gasteiger charge is -2.36. The molecule has 6 rings (SSSR count). The van der Waals surface area contributed by atoms with Gasteiger partial charge in [0.15, 0.2) is 5.75 Å². The molecule has 0 radical (unpaired) electrons. The minimum absolute atomic E-state index is 0. The number of ether oxygens (including phenoxy) is 1. The van der Waals surface area contributed by atoms with Crippen LogP contribution in [-0.2, 0) is 0 Å². The molecule has 7 heteroatoms. The number of halogens is 1. The van der Waals surface area contributed by atoms with Crippen molar-refractivity contribution in [3.05, 3.63) is 96.1 Å². The second-order valence-corrected chi connectivity index (χ2v) is 11.4. The van der Waals surface area contributed by atoms with Crippen LogP contribution in [0.2, 0.25) is 0 Å². The highest BCUT2D eigenvalue weighted by atomic mass is 35.5. The minimum atomic E-state index is -0.147. The van der Waals surface area contributed by atoms with Crippen molar-refractivity contribution in [2.75, 3.05) is 20.2 Å². The number of hydrogen-bond acceptors (Lipinski definition) is 5. The lowest BCUT2D eigenvalue weighted by atomic mass is 9.98. The van der Waals surface area contributed by atoms with Gasteiger partial charge in [0.1, 0.15) is 12.3 Å². The van der Waals surface area contributed by atoms with Gasteiger partial charge in [0, 0.05) is 35.6 Å². The van der Waals surface area contributed by atoms with Crippen LogP contribution in [0.3, 0.4) is 0 Å². The predicted octanol–water partition coefficient (Wildman–Crippen LogP) is 6.80. The molecule has 2 saturated heterocycles. The van der Waals surface area contributed by atoms with E-state index in [1.165, 1.54) is 25.7 Å². The predicted molar refractivity (Wildman–Crippen MR) is 172 cm³/mol. The van der Waals surface area contributed by atoms with Gasteiger partial charge in [-0.1, -0.05) is 85.8 Å². The fraction of sp³-hybridized carbons (Fsp3) is 0.371. The molecule has 3 aromatic carbocycles. The molecule has 2 bridgehead atoms. The molecule has 1 amide bonds. The standard InChI is InChI=1S/C35H40N4O2.ClH/c1-3-30(24-12-6-4-7-13-24)38-35(40)32-29-16-10-11-17-31(29)37-33(25-14-8-5-9-15-25)34(32)41-21-20-36-26-22-27-18-19-28(23-26)39(27)2;/h4-17,26-28,30,36H,3,18-23H2,1-2H3,(H,38,40);1H. The molecule has 0 saturated carbocycles. The number of fused-ring (bicyclic) bond motifs is 3. The zero-order chi connectivity index (χ0) is 28.2. The summed E-state index contributed by atoms with van der Waals surface area (Å²) in [5.74, 6) is 0.395. The summed E-state index contributed by atoms with van der Waals surface area (Å²) in [6, 6.07) is 29.8. The number of piperidine rings is 1. The van der Waals surface area contributed by atoms with Crippen LogP contribution in [0.5, 0.6) is 5.75 Å². The summed E-state index contributed by atoms with van der Waals surface area (Å²) in [6.07, 6.45) is 5.76. The van der Waals surface area contributed by atoms with Gasteiger partial charge in [-0.3, -0.25) is 4.79 Å². The van der Waals surface area contributed by atoms with Gasteiger partial charge in [-0.2, -0.15) is 0 Å². The molecular formula is C35H41ClN4O2. The number of pyridine rings is 1. The number of aromatic nitrogens is 1. The molecule has 0 aliphatic carbocycles. The zero-order valence-electron chi connectivity index (χ0n) is 24.5. The van der Waals surface area contributed by atoms with Gasteiger partial charge in [-0.25, -0.2) is 4.98 Å². The monoisotopic (exact) mass is 584 g/mol. The van der Waals surface area contributed by atoms with Crippen molar-refractivity contribution in [1.82, 2.24) is 20.5 Å². The Hall–Kier alpha value is -3.45. The van der Waals surface area contributed by atoms with Crippen LogP contribution < -0.4 is 15.4 Å². The van der Waals surface area contributed by atoms with E-state index in [1.54, 1.807) is 0 Å². The Morgan fingerprint density at radius 3 is 2.29 bits per heavy atom. The Bertz CT molecular complexity index is 1470. The SMILES string of the molecule is CCC(NC(=O)c1c(OCCNC2CC3CCC(C2)N3C)c(-c2ccccc2)nc2ccccc12)c1ccccc1.Cl. The molecule has 4 aromatic rings. The van der Waals surface area contributed by atoms with Gasteiger partial charge in [0.2, 0.25) is 0 Å². The lowest BCUT2D eigenvalue weighted by Crippen LogP contribution is -2.47. The van der Waals surface area contributed by atoms with Crippen LogP contribution in [0, 0.1) is 0 Å². The maximum atomic E-state index is 14.2. The number of amides is 1. The Labute approximate surface area is 255 Å². The van der Waals surface area contributed by atoms with Gasteiger partial charge in [0.25, 0.3) is 5.91 Å². The van der Waals surface area contributed by atoms with Crippen LogP contribution in [0.4, 0.5) is 0 Å². The summed E-state index contributed by atoms with van der Waals surface area (Å²) in [4.78, 5) is 21.7. The van der Waals surface area contributed by atoms with E-state index in [4.69, 9.17) is 9.72 Å². The quantitative estimate of drug-likeness (QED) is 0.201. The molecule has 2 fully saturated rings. The highest BCUT2D eigenvalue weighted by Gasteiger charge is 2.38. The van der Waals surface area contributed by atoms with Gasteiger partial charge in [0.05, 0.1) is 17.1 Å². The summed E-state index contributed by atoms with van der Waals surface area (Å²) < 4.78 is 6.56. The van der Waals surface area contributed by atoms with E-state index in [2.05, 4.69) is 41.6 Å². The maximum Gasteiger partial charge on any atom is 0.256 e. The Kier molecular flexibility index (Phi) is 9.78. The molecule has 3 unspecified atom stereocenters. The van der Waals surface area contributed by atoms with Gasteiger partial charge < -0.3 is 20.3 Å². The third kappa shape index (κ3) is 6.31. The molecule has 42 heavy (non-hydrogen) atoms. The molecule has 3 atom stereocenters. The van der Waals surface area contributed by atoms with Crippen LogP contribution >= 0.6 is 12.4 Å². The van der Waals surface area contributed by atoms with Crippen molar-refractivity contribution in [1.29, 1.82) is 0 Å². The topological polar surface area (TPSA) is 66.5 Å². The van der Waals surface area contributed by atoms with Gasteiger partial charge in [-0.15, -0.1) is 12.4 Å². The van der Waals surface area contributed by atoms with Crippen molar-refractivity contribution < 1.29 is 9.53 Å². The third-order valence-corrected chi connectivity index (χ3v) is 8.92. The minimum Gasteiger partial charge on any atom is -0.489 e. The van der Waals surface area contributed by atoms with Gasteiger partial charge in [-0.05, 0) is 50.8 Å². The van der Waals surface area contributed by atoms with Crippen molar-refractivity contribution in [2.45, 2.75) is 63.2 Å². The normalized spacial score (nSPS) is 20.6. The van der Waals surface area contributed by atoms with Crippen LogP contribution in [-0.4, -0.2) is 54.1 Å². The largest absolute Gasteiger partial charge is 0.489 e. The van der Waals surface area contributed by atoms with Crippen LogP contribution in [0.25, 0.3) is 22.2 Å². The smallest absolute Gasteiger partial charge is 0.256 e. The lowest BCUT2D eigenvalue weighted by molar-refractivity contribution is 0.0933. The fourth-order valence-corrected chi connectivity index (χ4v) is 6.68. The average Bonchev–Trinajstić information content (AvgIpc) is 3.21. The summed E-state index contributed by atoms with van der Waals surface area (Å²) >= 11 is 0. The van der Waals surface area contributed by atoms with E-state index in [-0.39, 0.29) is 24.4 Å². The highest BCUT2D eigenvalue weighted by Crippen LogP contribution is 2.37. The van der Waals surface area contributed by atoms with Gasteiger partial charge >= 0.3 is 0 Å². The highest BCUT2D eigenvalue weighted by molar-refractivity contribution is 6.10. The number of para-hydroxylation sites is 1. The van der Waals surface area contributed by atoms with E-state index >= 15 is 0 Å². The summed E-state index contributed by atoms with van der Waals surface area (Å²) in [6.45, 7) is 3.27. The molecule has 6 nitrogen and oxygen atoms in total. The number of hydrogen-bond donors (Lipinski definition) is 2. The average molecular weight is 585 g/mol. The first-order chi connectivity index (χ1) is 20.1. The molecular weight excluding hydrogens is 544 g/mol. The van der Waals surface area contributed by atoms with E-state index in [1.807, 2.05) is 72.8 Å². The molecule has 0 spiro atoms. The van der Waals surface area contributed by atoms with E-state index in [0.717, 1.165) is 35.0 Å². The molecule has 220 valence electrons. The van der Waals surface area contributed by atoms with Crippen LogP contribution in [0.15, 0.2) is 84.9 Å². The molecule has 2 N–H and O–H groups in total. The van der Waals surface area contributed by atoms with Crippen LogP contribution in [0.1, 0.15) is 61.0 Å². The van der Waals surface area contributed by atoms with Crippen molar-refractivity contribution >= 4 is 29.2 Å². The number of nitrogens with zero attached hydrogens (tertiary/aromatic N) is 2. The number of benzene rings is 3. The number of rotatable bonds is 10. The Morgan fingerprint density at radius 1 is 0.952 bits per heavy atom. The van der Waals surface area contributed by atoms with Crippen molar-refractivity contribution in [3.8, 4) is 17.0 Å². The second-order valence-electron chi connectivity index (χ2n) is 11.4. The molecule has 3 heterocycles. The first-order valence-corrected chi connectivity index (χ1v) is 15.0. The maximum absolute atomic E-state index is 14.2. The van der Waals surface area contributed by atoms with E-state index < -0.39 is 0 Å². The number of carbonyl (C=O) groups is 1. The van der Waals surface area contributed by atoms with Crippen molar-refractivity contribution in [2.24, 2.45) is 0 Å². The molecule has 2 aliphatic heterocycles. The number of carbonyl (C=O) groups excluding carboxylic acids is 1. The summed E-state index contributed by atoms with van der Waals surface area (Å²) in [5.41, 5.74) is 4.03. The van der Waals surface area contributed by atoms with E-state index in [9.17, 15) is 4.79 Å². The molecule has 1 aromatic heterocycles. The Balaban J connectivity index is 0.00000353. The fourth-order valence-electron chi connectivity index (χ4n) is 6.68. The van der Waals surface area contributed by atoms with E-state index in [0.29, 0.717) is 41.7 Å². The third-order valence-electron chi connectivity index (χ3n) is 8.92. The number of nitrogens with one attached hydrogen (secondary N) is 2. The second kappa shape index (κ2) is 13.7. The summed E-state index contributed by atoms with van der Waals surface area (Å²) in [7, 11) is 2.27.